The van der Waals surface area contributed by atoms with Crippen molar-refractivity contribution in [1.82, 2.24) is 9.88 Å². The normalized spacial score (nSPS) is 12.6. The Morgan fingerprint density at radius 3 is 2.65 bits per heavy atom. The van der Waals surface area contributed by atoms with E-state index in [0.717, 1.165) is 18.5 Å². The fourth-order valence-electron chi connectivity index (χ4n) is 2.30. The molecule has 0 aliphatic rings. The summed E-state index contributed by atoms with van der Waals surface area (Å²) in [7, 11) is 2.02. The summed E-state index contributed by atoms with van der Waals surface area (Å²) in [6.07, 6.45) is 4.51. The van der Waals surface area contributed by atoms with Crippen LogP contribution in [0.1, 0.15) is 17.2 Å². The van der Waals surface area contributed by atoms with Gasteiger partial charge < -0.3 is 5.73 Å². The van der Waals surface area contributed by atoms with Crippen LogP contribution in [0.25, 0.3) is 0 Å². The lowest BCUT2D eigenvalue weighted by atomic mass is 10.0. The highest BCUT2D eigenvalue weighted by molar-refractivity contribution is 5.20. The Labute approximate surface area is 119 Å². The smallest absolute Gasteiger partial charge is 0.123 e. The minimum atomic E-state index is -0.219. The van der Waals surface area contributed by atoms with Crippen LogP contribution in [0.5, 0.6) is 0 Å². The van der Waals surface area contributed by atoms with Gasteiger partial charge in [0.1, 0.15) is 5.82 Å². The molecule has 0 fully saturated rings. The van der Waals surface area contributed by atoms with Gasteiger partial charge in [-0.05, 0) is 48.9 Å². The number of hydrogen-bond donors (Lipinski definition) is 1. The average molecular weight is 273 g/mol. The lowest BCUT2D eigenvalue weighted by Crippen LogP contribution is -2.32. The highest BCUT2D eigenvalue weighted by Crippen LogP contribution is 2.19. The monoisotopic (exact) mass is 273 g/mol. The Kier molecular flexibility index (Phi) is 5.21. The molecule has 1 heterocycles. The SMILES string of the molecule is CN(CCc1ccncc1)C(CN)c1cccc(F)c1. The Morgan fingerprint density at radius 2 is 2.00 bits per heavy atom. The topological polar surface area (TPSA) is 42.2 Å². The molecule has 0 amide bonds. The molecule has 106 valence electrons. The summed E-state index contributed by atoms with van der Waals surface area (Å²) in [5.41, 5.74) is 8.01. The van der Waals surface area contributed by atoms with Crippen LogP contribution >= 0.6 is 0 Å². The fourth-order valence-corrected chi connectivity index (χ4v) is 2.30. The Bertz CT molecular complexity index is 530. The molecule has 0 spiro atoms. The van der Waals surface area contributed by atoms with E-state index >= 15 is 0 Å². The van der Waals surface area contributed by atoms with Crippen LogP contribution in [0.15, 0.2) is 48.8 Å². The zero-order valence-electron chi connectivity index (χ0n) is 11.7. The zero-order chi connectivity index (χ0) is 14.4. The number of benzene rings is 1. The van der Waals surface area contributed by atoms with E-state index < -0.39 is 0 Å². The lowest BCUT2D eigenvalue weighted by molar-refractivity contribution is 0.253. The quantitative estimate of drug-likeness (QED) is 0.878. The van der Waals surface area contributed by atoms with E-state index in [1.807, 2.05) is 25.2 Å². The van der Waals surface area contributed by atoms with E-state index in [9.17, 15) is 4.39 Å². The minimum Gasteiger partial charge on any atom is -0.329 e. The molecule has 3 nitrogen and oxygen atoms in total. The van der Waals surface area contributed by atoms with Gasteiger partial charge >= 0.3 is 0 Å². The first kappa shape index (κ1) is 14.6. The first-order valence-corrected chi connectivity index (χ1v) is 6.75. The van der Waals surface area contributed by atoms with Crippen molar-refractivity contribution in [2.45, 2.75) is 12.5 Å². The third kappa shape index (κ3) is 3.85. The van der Waals surface area contributed by atoms with Gasteiger partial charge in [-0.2, -0.15) is 0 Å². The lowest BCUT2D eigenvalue weighted by Gasteiger charge is -2.27. The van der Waals surface area contributed by atoms with Crippen LogP contribution in [0.3, 0.4) is 0 Å². The third-order valence-electron chi connectivity index (χ3n) is 3.49. The number of rotatable bonds is 6. The maximum absolute atomic E-state index is 13.3. The molecule has 20 heavy (non-hydrogen) atoms. The van der Waals surface area contributed by atoms with Gasteiger partial charge in [0.25, 0.3) is 0 Å². The molecule has 0 saturated carbocycles. The average Bonchev–Trinajstić information content (AvgIpc) is 2.47. The molecule has 2 aromatic rings. The molecule has 0 radical (unpaired) electrons. The van der Waals surface area contributed by atoms with Gasteiger partial charge in [0, 0.05) is 31.5 Å². The van der Waals surface area contributed by atoms with Crippen molar-refractivity contribution >= 4 is 0 Å². The molecule has 4 heteroatoms. The van der Waals surface area contributed by atoms with Crippen molar-refractivity contribution in [3.8, 4) is 0 Å². The van der Waals surface area contributed by atoms with E-state index in [2.05, 4.69) is 9.88 Å². The maximum atomic E-state index is 13.3. The van der Waals surface area contributed by atoms with Gasteiger partial charge in [0.15, 0.2) is 0 Å². The summed E-state index contributed by atoms with van der Waals surface area (Å²) in [6, 6.07) is 10.7. The van der Waals surface area contributed by atoms with Gasteiger partial charge in [-0.25, -0.2) is 4.39 Å². The van der Waals surface area contributed by atoms with Crippen molar-refractivity contribution in [3.05, 3.63) is 65.7 Å². The molecule has 2 N–H and O–H groups in total. The second kappa shape index (κ2) is 7.12. The molecule has 1 unspecified atom stereocenters. The van der Waals surface area contributed by atoms with Crippen molar-refractivity contribution in [1.29, 1.82) is 0 Å². The number of nitrogens with two attached hydrogens (primary N) is 1. The van der Waals surface area contributed by atoms with E-state index in [-0.39, 0.29) is 11.9 Å². The van der Waals surface area contributed by atoms with Crippen LogP contribution in [-0.2, 0) is 6.42 Å². The molecule has 1 aromatic heterocycles. The summed E-state index contributed by atoms with van der Waals surface area (Å²) in [5.74, 6) is -0.219. The number of halogens is 1. The van der Waals surface area contributed by atoms with Gasteiger partial charge in [-0.1, -0.05) is 12.1 Å². The van der Waals surface area contributed by atoms with Crippen LogP contribution in [0.4, 0.5) is 4.39 Å². The molecule has 0 aliphatic heterocycles. The van der Waals surface area contributed by atoms with Crippen LogP contribution in [-0.4, -0.2) is 30.0 Å². The molecule has 0 bridgehead atoms. The van der Waals surface area contributed by atoms with E-state index in [1.165, 1.54) is 11.6 Å². The summed E-state index contributed by atoms with van der Waals surface area (Å²) >= 11 is 0. The molecule has 2 rings (SSSR count). The van der Waals surface area contributed by atoms with Crippen molar-refractivity contribution in [2.24, 2.45) is 5.73 Å². The summed E-state index contributed by atoms with van der Waals surface area (Å²) in [4.78, 5) is 6.17. The predicted molar refractivity (Wildman–Crippen MR) is 78.8 cm³/mol. The Morgan fingerprint density at radius 1 is 1.25 bits per heavy atom. The number of aromatic nitrogens is 1. The third-order valence-corrected chi connectivity index (χ3v) is 3.49. The van der Waals surface area contributed by atoms with Crippen molar-refractivity contribution < 1.29 is 4.39 Å². The Balaban J connectivity index is 2.00. The molecule has 1 atom stereocenters. The number of pyridine rings is 1. The molecule has 0 saturated heterocycles. The van der Waals surface area contributed by atoms with Gasteiger partial charge in [-0.3, -0.25) is 9.88 Å². The maximum Gasteiger partial charge on any atom is 0.123 e. The van der Waals surface area contributed by atoms with Gasteiger partial charge in [-0.15, -0.1) is 0 Å². The van der Waals surface area contributed by atoms with Gasteiger partial charge in [0.05, 0.1) is 0 Å². The minimum absolute atomic E-state index is 0.0348. The summed E-state index contributed by atoms with van der Waals surface area (Å²) < 4.78 is 13.3. The zero-order valence-corrected chi connectivity index (χ0v) is 11.7. The van der Waals surface area contributed by atoms with E-state index in [1.54, 1.807) is 24.5 Å². The standard InChI is InChI=1S/C16H20FN3/c1-20(10-7-13-5-8-19-9-6-13)16(12-18)14-3-2-4-15(17)11-14/h2-6,8-9,11,16H,7,10,12,18H2,1H3. The molecular weight excluding hydrogens is 253 g/mol. The first-order chi connectivity index (χ1) is 9.70. The first-order valence-electron chi connectivity index (χ1n) is 6.75. The summed E-state index contributed by atoms with van der Waals surface area (Å²) in [5, 5.41) is 0. The molecule has 0 aliphatic carbocycles. The fraction of sp³-hybridized carbons (Fsp3) is 0.312. The second-order valence-electron chi connectivity index (χ2n) is 4.89. The van der Waals surface area contributed by atoms with E-state index in [4.69, 9.17) is 5.73 Å². The largest absolute Gasteiger partial charge is 0.329 e. The highest BCUT2D eigenvalue weighted by atomic mass is 19.1. The number of nitrogens with zero attached hydrogens (tertiary/aromatic N) is 2. The molecule has 1 aromatic carbocycles. The van der Waals surface area contributed by atoms with Crippen LogP contribution in [0, 0.1) is 5.82 Å². The predicted octanol–water partition coefficient (Wildman–Crippen LogP) is 2.40. The van der Waals surface area contributed by atoms with E-state index in [0.29, 0.717) is 6.54 Å². The summed E-state index contributed by atoms with van der Waals surface area (Å²) in [6.45, 7) is 1.33. The Hall–Kier alpha value is -1.78. The highest BCUT2D eigenvalue weighted by Gasteiger charge is 2.15. The van der Waals surface area contributed by atoms with Gasteiger partial charge in [0.2, 0.25) is 0 Å². The number of hydrogen-bond acceptors (Lipinski definition) is 3. The van der Waals surface area contributed by atoms with Crippen molar-refractivity contribution in [3.63, 3.8) is 0 Å². The number of likely N-dealkylation sites (N-methyl/N-ethyl adjacent to an activating group) is 1. The van der Waals surface area contributed by atoms with Crippen LogP contribution < -0.4 is 5.73 Å². The van der Waals surface area contributed by atoms with Crippen LogP contribution in [0.2, 0.25) is 0 Å². The van der Waals surface area contributed by atoms with Crippen molar-refractivity contribution in [2.75, 3.05) is 20.1 Å². The second-order valence-corrected chi connectivity index (χ2v) is 4.89. The molecular formula is C16H20FN3.